The van der Waals surface area contributed by atoms with Gasteiger partial charge in [-0.25, -0.2) is 0 Å². The molecule has 0 unspecified atom stereocenters. The second-order valence-electron chi connectivity index (χ2n) is 5.74. The van der Waals surface area contributed by atoms with E-state index in [1.807, 2.05) is 4.52 Å². The molecule has 4 rings (SSSR count). The Labute approximate surface area is 116 Å². The molecule has 0 atom stereocenters. The number of nitrogens with zero attached hydrogens (tertiary/aromatic N) is 4. The molecule has 2 aromatic rings. The van der Waals surface area contributed by atoms with Crippen LogP contribution in [0.5, 0.6) is 0 Å². The van der Waals surface area contributed by atoms with Crippen LogP contribution in [-0.2, 0) is 6.54 Å². The maximum Gasteiger partial charge on any atom is 0.234 e. The third-order valence-corrected chi connectivity index (χ3v) is 5.32. The summed E-state index contributed by atoms with van der Waals surface area (Å²) in [5, 5.41) is 18.0. The predicted molar refractivity (Wildman–Crippen MR) is 74.3 cm³/mol. The average molecular weight is 277 g/mol. The van der Waals surface area contributed by atoms with Gasteiger partial charge in [-0.15, -0.1) is 10.2 Å². The zero-order valence-electron chi connectivity index (χ0n) is 11.0. The average Bonchev–Trinajstić information content (AvgIpc) is 3.01. The lowest BCUT2D eigenvalue weighted by molar-refractivity contribution is 0.394. The van der Waals surface area contributed by atoms with Crippen LogP contribution in [-0.4, -0.2) is 25.9 Å². The summed E-state index contributed by atoms with van der Waals surface area (Å²) < 4.78 is 1.97. The lowest BCUT2D eigenvalue weighted by Crippen LogP contribution is -2.25. The fraction of sp³-hybridized carbons (Fsp3) is 0.769. The highest BCUT2D eigenvalue weighted by Crippen LogP contribution is 2.35. The standard InChI is InChI=1S/C13H19N5S/c1-2-7-10(6-1)14-8-11-17-18-12(9-4-3-5-9)15-16-13(18)19-11/h9-10,14H,1-8H2. The molecule has 0 aromatic carbocycles. The predicted octanol–water partition coefficient (Wildman–Crippen LogP) is 2.49. The molecule has 102 valence electrons. The van der Waals surface area contributed by atoms with Crippen molar-refractivity contribution in [2.75, 3.05) is 0 Å². The van der Waals surface area contributed by atoms with Gasteiger partial charge in [-0.3, -0.25) is 0 Å². The molecule has 0 amide bonds. The van der Waals surface area contributed by atoms with Gasteiger partial charge >= 0.3 is 0 Å². The molecule has 2 fully saturated rings. The van der Waals surface area contributed by atoms with Crippen LogP contribution in [0.25, 0.3) is 4.96 Å². The third kappa shape index (κ3) is 2.17. The van der Waals surface area contributed by atoms with E-state index in [9.17, 15) is 0 Å². The van der Waals surface area contributed by atoms with Crippen LogP contribution in [0.3, 0.4) is 0 Å². The normalized spacial score (nSPS) is 21.3. The molecule has 0 saturated heterocycles. The van der Waals surface area contributed by atoms with Crippen molar-refractivity contribution in [3.05, 3.63) is 10.8 Å². The molecule has 2 saturated carbocycles. The van der Waals surface area contributed by atoms with E-state index in [4.69, 9.17) is 0 Å². The van der Waals surface area contributed by atoms with Gasteiger partial charge in [0, 0.05) is 18.5 Å². The molecule has 2 aliphatic carbocycles. The molecular formula is C13H19N5S. The Morgan fingerprint density at radius 2 is 1.95 bits per heavy atom. The van der Waals surface area contributed by atoms with Gasteiger partial charge in [0.15, 0.2) is 5.82 Å². The molecule has 2 heterocycles. The largest absolute Gasteiger partial charge is 0.308 e. The molecule has 2 aliphatic rings. The van der Waals surface area contributed by atoms with Gasteiger partial charge in [-0.2, -0.15) is 9.61 Å². The van der Waals surface area contributed by atoms with Gasteiger partial charge in [0.25, 0.3) is 0 Å². The van der Waals surface area contributed by atoms with Crippen LogP contribution in [0.1, 0.15) is 61.7 Å². The number of rotatable bonds is 4. The van der Waals surface area contributed by atoms with Gasteiger partial charge in [0.2, 0.25) is 4.96 Å². The topological polar surface area (TPSA) is 55.1 Å². The van der Waals surface area contributed by atoms with Crippen LogP contribution in [0.2, 0.25) is 0 Å². The number of fused-ring (bicyclic) bond motifs is 1. The first-order chi connectivity index (χ1) is 9.40. The molecule has 0 aliphatic heterocycles. The molecule has 0 spiro atoms. The Balaban J connectivity index is 1.49. The maximum atomic E-state index is 4.68. The van der Waals surface area contributed by atoms with Gasteiger partial charge < -0.3 is 5.32 Å². The zero-order chi connectivity index (χ0) is 12.7. The lowest BCUT2D eigenvalue weighted by atomic mass is 9.85. The third-order valence-electron chi connectivity index (χ3n) is 4.42. The van der Waals surface area contributed by atoms with E-state index in [0.717, 1.165) is 22.3 Å². The molecule has 0 bridgehead atoms. The summed E-state index contributed by atoms with van der Waals surface area (Å²) in [6.45, 7) is 0.878. The Morgan fingerprint density at radius 1 is 1.11 bits per heavy atom. The molecule has 1 N–H and O–H groups in total. The quantitative estimate of drug-likeness (QED) is 0.933. The number of nitrogens with one attached hydrogen (secondary N) is 1. The van der Waals surface area contributed by atoms with Crippen LogP contribution in [0.4, 0.5) is 0 Å². The van der Waals surface area contributed by atoms with Crippen LogP contribution in [0, 0.1) is 0 Å². The second kappa shape index (κ2) is 4.83. The van der Waals surface area contributed by atoms with E-state index >= 15 is 0 Å². The monoisotopic (exact) mass is 277 g/mol. The fourth-order valence-corrected chi connectivity index (χ4v) is 3.82. The van der Waals surface area contributed by atoms with Crippen LogP contribution in [0.15, 0.2) is 0 Å². The first kappa shape index (κ1) is 11.8. The van der Waals surface area contributed by atoms with Crippen LogP contribution < -0.4 is 5.32 Å². The highest BCUT2D eigenvalue weighted by Gasteiger charge is 2.26. The van der Waals surface area contributed by atoms with E-state index in [2.05, 4.69) is 20.6 Å². The van der Waals surface area contributed by atoms with Gasteiger partial charge in [-0.1, -0.05) is 30.6 Å². The van der Waals surface area contributed by atoms with Crippen molar-refractivity contribution in [3.8, 4) is 0 Å². The highest BCUT2D eigenvalue weighted by molar-refractivity contribution is 7.16. The fourth-order valence-electron chi connectivity index (χ4n) is 3.03. The molecule has 2 aromatic heterocycles. The second-order valence-corrected chi connectivity index (χ2v) is 6.78. The van der Waals surface area contributed by atoms with Crippen molar-refractivity contribution in [3.63, 3.8) is 0 Å². The molecule has 6 heteroatoms. The van der Waals surface area contributed by atoms with E-state index in [1.54, 1.807) is 11.3 Å². The first-order valence-electron chi connectivity index (χ1n) is 7.34. The van der Waals surface area contributed by atoms with E-state index in [1.165, 1.54) is 44.9 Å². The minimum atomic E-state index is 0.591. The molecule has 19 heavy (non-hydrogen) atoms. The summed E-state index contributed by atoms with van der Waals surface area (Å²) in [5.74, 6) is 1.66. The van der Waals surface area contributed by atoms with Crippen molar-refractivity contribution in [1.29, 1.82) is 0 Å². The summed E-state index contributed by atoms with van der Waals surface area (Å²) in [7, 11) is 0. The van der Waals surface area contributed by atoms with Crippen molar-refractivity contribution in [2.24, 2.45) is 0 Å². The summed E-state index contributed by atoms with van der Waals surface area (Å²) >= 11 is 1.67. The Kier molecular flexibility index (Phi) is 3.00. The van der Waals surface area contributed by atoms with E-state index in [-0.39, 0.29) is 0 Å². The van der Waals surface area contributed by atoms with Crippen molar-refractivity contribution in [2.45, 2.75) is 63.5 Å². The van der Waals surface area contributed by atoms with Crippen molar-refractivity contribution < 1.29 is 0 Å². The molecule has 5 nitrogen and oxygen atoms in total. The summed E-state index contributed by atoms with van der Waals surface area (Å²) in [4.78, 5) is 0.949. The first-order valence-corrected chi connectivity index (χ1v) is 8.16. The summed E-state index contributed by atoms with van der Waals surface area (Å²) in [5.41, 5.74) is 0. The highest BCUT2D eigenvalue weighted by atomic mass is 32.1. The van der Waals surface area contributed by atoms with E-state index in [0.29, 0.717) is 12.0 Å². The van der Waals surface area contributed by atoms with Gasteiger partial charge in [-0.05, 0) is 25.7 Å². The zero-order valence-corrected chi connectivity index (χ0v) is 11.8. The smallest absolute Gasteiger partial charge is 0.234 e. The number of hydrogen-bond donors (Lipinski definition) is 1. The lowest BCUT2D eigenvalue weighted by Gasteiger charge is -2.22. The van der Waals surface area contributed by atoms with E-state index < -0.39 is 0 Å². The molecular weight excluding hydrogens is 258 g/mol. The summed E-state index contributed by atoms with van der Waals surface area (Å²) in [6.07, 6.45) is 9.18. The van der Waals surface area contributed by atoms with Crippen molar-refractivity contribution >= 4 is 16.3 Å². The minimum absolute atomic E-state index is 0.591. The van der Waals surface area contributed by atoms with Crippen LogP contribution >= 0.6 is 11.3 Å². The molecule has 0 radical (unpaired) electrons. The van der Waals surface area contributed by atoms with Gasteiger partial charge in [0.05, 0.1) is 0 Å². The van der Waals surface area contributed by atoms with Crippen molar-refractivity contribution in [1.82, 2.24) is 25.1 Å². The Bertz CT molecular complexity index is 565. The number of hydrogen-bond acceptors (Lipinski definition) is 5. The summed E-state index contributed by atoms with van der Waals surface area (Å²) in [6, 6.07) is 0.695. The Morgan fingerprint density at radius 3 is 2.68 bits per heavy atom. The minimum Gasteiger partial charge on any atom is -0.308 e. The Hall–Kier alpha value is -1.01. The maximum absolute atomic E-state index is 4.68. The van der Waals surface area contributed by atoms with Gasteiger partial charge in [0.1, 0.15) is 5.01 Å². The number of aromatic nitrogens is 4. The SMILES string of the molecule is C1CCC(NCc2nn3c(C4CCC4)nnc3s2)C1.